The highest BCUT2D eigenvalue weighted by Crippen LogP contribution is 2.19. The molecule has 0 unspecified atom stereocenters. The molecule has 3 heteroatoms. The zero-order chi connectivity index (χ0) is 4.62. The molecule has 0 bridgehead atoms. The second kappa shape index (κ2) is 0.932. The van der Waals surface area contributed by atoms with E-state index in [2.05, 4.69) is 4.74 Å². The van der Waals surface area contributed by atoms with E-state index in [0.29, 0.717) is 6.61 Å². The maximum absolute atomic E-state index is 8.59. The lowest BCUT2D eigenvalue weighted by Gasteiger charge is -1.92. The van der Waals surface area contributed by atoms with Crippen LogP contribution in [0, 0.1) is 0 Å². The van der Waals surface area contributed by atoms with E-state index in [-0.39, 0.29) is 6.54 Å². The van der Waals surface area contributed by atoms with Crippen molar-refractivity contribution in [1.29, 1.82) is 0 Å². The zero-order valence-corrected chi connectivity index (χ0v) is 3.35. The van der Waals surface area contributed by atoms with Crippen molar-refractivity contribution in [2.45, 2.75) is 5.79 Å². The fraction of sp³-hybridized carbons (Fsp3) is 1.00. The zero-order valence-electron chi connectivity index (χ0n) is 3.35. The van der Waals surface area contributed by atoms with Gasteiger partial charge in [0, 0.05) is 6.54 Å². The van der Waals surface area contributed by atoms with Gasteiger partial charge >= 0.3 is 0 Å². The number of hydrogen-bond acceptors (Lipinski definition) is 3. The third kappa shape index (κ3) is 0.518. The minimum atomic E-state index is -0.931. The van der Waals surface area contributed by atoms with E-state index in [0.717, 1.165) is 0 Å². The van der Waals surface area contributed by atoms with Crippen molar-refractivity contribution in [2.75, 3.05) is 13.2 Å². The summed E-state index contributed by atoms with van der Waals surface area (Å²) in [7, 11) is 0. The third-order valence-electron chi connectivity index (χ3n) is 0.797. The van der Waals surface area contributed by atoms with Gasteiger partial charge in [-0.05, 0) is 0 Å². The monoisotopic (exact) mass is 89.0 g/mol. The Morgan fingerprint density at radius 3 is 2.50 bits per heavy atom. The molecule has 0 saturated carbocycles. The first-order valence-electron chi connectivity index (χ1n) is 1.83. The van der Waals surface area contributed by atoms with E-state index in [1.165, 1.54) is 0 Å². The van der Waals surface area contributed by atoms with Gasteiger partial charge in [0.15, 0.2) is 0 Å². The standard InChI is InChI=1S/C3H7NO2/c4-1-3(5)2-6-3/h5H,1-2,4H2/t3-/m1/s1. The van der Waals surface area contributed by atoms with Gasteiger partial charge in [-0.3, -0.25) is 0 Å². The smallest absolute Gasteiger partial charge is 0.202 e. The minimum absolute atomic E-state index is 0.215. The molecule has 36 valence electrons. The van der Waals surface area contributed by atoms with Crippen LogP contribution in [0.2, 0.25) is 0 Å². The van der Waals surface area contributed by atoms with Crippen molar-refractivity contribution >= 4 is 0 Å². The highest BCUT2D eigenvalue weighted by molar-refractivity contribution is 4.78. The molecule has 0 amide bonds. The van der Waals surface area contributed by atoms with Crippen LogP contribution in [0.5, 0.6) is 0 Å². The van der Waals surface area contributed by atoms with E-state index in [9.17, 15) is 0 Å². The number of epoxide rings is 1. The van der Waals surface area contributed by atoms with Crippen molar-refractivity contribution in [3.05, 3.63) is 0 Å². The van der Waals surface area contributed by atoms with Gasteiger partial charge in [-0.15, -0.1) is 0 Å². The van der Waals surface area contributed by atoms with E-state index in [1.54, 1.807) is 0 Å². The molecular formula is C3H7NO2. The Morgan fingerprint density at radius 2 is 2.50 bits per heavy atom. The quantitative estimate of drug-likeness (QED) is 0.391. The van der Waals surface area contributed by atoms with Gasteiger partial charge < -0.3 is 15.6 Å². The maximum atomic E-state index is 8.59. The molecule has 1 saturated heterocycles. The summed E-state index contributed by atoms with van der Waals surface area (Å²) in [5.41, 5.74) is 4.99. The molecule has 1 aliphatic heterocycles. The van der Waals surface area contributed by atoms with E-state index >= 15 is 0 Å². The molecule has 0 aromatic carbocycles. The molecule has 1 rings (SSSR count). The van der Waals surface area contributed by atoms with Crippen LogP contribution < -0.4 is 5.73 Å². The fourth-order valence-corrected chi connectivity index (χ4v) is 0.201. The van der Waals surface area contributed by atoms with Crippen LogP contribution >= 0.6 is 0 Å². The Labute approximate surface area is 35.7 Å². The largest absolute Gasteiger partial charge is 0.363 e. The summed E-state index contributed by atoms with van der Waals surface area (Å²) in [5.74, 6) is -0.931. The predicted octanol–water partition coefficient (Wildman–Crippen LogP) is -1.34. The number of aliphatic hydroxyl groups is 1. The van der Waals surface area contributed by atoms with Gasteiger partial charge in [0.1, 0.15) is 6.61 Å². The van der Waals surface area contributed by atoms with Gasteiger partial charge in [-0.2, -0.15) is 0 Å². The highest BCUT2D eigenvalue weighted by Gasteiger charge is 2.40. The predicted molar refractivity (Wildman–Crippen MR) is 20.0 cm³/mol. The molecular weight excluding hydrogens is 82.0 g/mol. The lowest BCUT2D eigenvalue weighted by atomic mass is 10.4. The van der Waals surface area contributed by atoms with Crippen LogP contribution in [0.25, 0.3) is 0 Å². The molecule has 1 fully saturated rings. The van der Waals surface area contributed by atoms with Crippen molar-refractivity contribution in [3.63, 3.8) is 0 Å². The first kappa shape index (κ1) is 4.05. The highest BCUT2D eigenvalue weighted by atomic mass is 16.7. The van der Waals surface area contributed by atoms with Crippen LogP contribution in [-0.4, -0.2) is 24.0 Å². The van der Waals surface area contributed by atoms with Gasteiger partial charge in [-0.1, -0.05) is 0 Å². The van der Waals surface area contributed by atoms with Crippen molar-refractivity contribution in [3.8, 4) is 0 Å². The number of nitrogens with two attached hydrogens (primary N) is 1. The van der Waals surface area contributed by atoms with Crippen molar-refractivity contribution in [2.24, 2.45) is 5.73 Å². The van der Waals surface area contributed by atoms with Crippen LogP contribution in [0.4, 0.5) is 0 Å². The molecule has 0 spiro atoms. The summed E-state index contributed by atoms with van der Waals surface area (Å²) in [6.07, 6.45) is 0. The molecule has 0 aromatic heterocycles. The van der Waals surface area contributed by atoms with Crippen LogP contribution in [0.3, 0.4) is 0 Å². The van der Waals surface area contributed by atoms with E-state index in [4.69, 9.17) is 10.8 Å². The van der Waals surface area contributed by atoms with E-state index in [1.807, 2.05) is 0 Å². The third-order valence-corrected chi connectivity index (χ3v) is 0.797. The van der Waals surface area contributed by atoms with Crippen LogP contribution in [-0.2, 0) is 4.74 Å². The number of hydrogen-bond donors (Lipinski definition) is 2. The second-order valence-electron chi connectivity index (χ2n) is 1.44. The normalized spacial score (nSPS) is 43.0. The molecule has 1 heterocycles. The fourth-order valence-electron chi connectivity index (χ4n) is 0.201. The Morgan fingerprint density at radius 1 is 2.00 bits per heavy atom. The topological polar surface area (TPSA) is 58.8 Å². The van der Waals surface area contributed by atoms with Crippen LogP contribution in [0.15, 0.2) is 0 Å². The van der Waals surface area contributed by atoms with Gasteiger partial charge in [0.25, 0.3) is 0 Å². The molecule has 3 nitrogen and oxygen atoms in total. The lowest BCUT2D eigenvalue weighted by Crippen LogP contribution is -2.22. The molecule has 0 aromatic rings. The summed E-state index contributed by atoms with van der Waals surface area (Å²) in [4.78, 5) is 0. The van der Waals surface area contributed by atoms with Gasteiger partial charge in [0.2, 0.25) is 5.79 Å². The van der Waals surface area contributed by atoms with Crippen molar-refractivity contribution < 1.29 is 9.84 Å². The molecule has 3 N–H and O–H groups in total. The maximum Gasteiger partial charge on any atom is 0.202 e. The average Bonchev–Trinajstić information content (AvgIpc) is 2.22. The van der Waals surface area contributed by atoms with Gasteiger partial charge in [-0.25, -0.2) is 0 Å². The summed E-state index contributed by atoms with van der Waals surface area (Å²) in [6.45, 7) is 0.622. The Hall–Kier alpha value is -0.120. The summed E-state index contributed by atoms with van der Waals surface area (Å²) in [5, 5.41) is 8.59. The summed E-state index contributed by atoms with van der Waals surface area (Å²) in [6, 6.07) is 0. The second-order valence-corrected chi connectivity index (χ2v) is 1.44. The Bertz CT molecular complexity index is 59.8. The first-order valence-corrected chi connectivity index (χ1v) is 1.83. The molecule has 0 radical (unpaired) electrons. The first-order chi connectivity index (χ1) is 2.77. The Balaban J connectivity index is 2.28. The minimum Gasteiger partial charge on any atom is -0.363 e. The lowest BCUT2D eigenvalue weighted by molar-refractivity contribution is 0.0451. The van der Waals surface area contributed by atoms with E-state index < -0.39 is 5.79 Å². The Kier molecular flexibility index (Phi) is 0.629. The number of rotatable bonds is 1. The molecule has 6 heavy (non-hydrogen) atoms. The summed E-state index contributed by atoms with van der Waals surface area (Å²) >= 11 is 0. The SMILES string of the molecule is NC[C@]1(O)CO1. The average molecular weight is 89.1 g/mol. The molecule has 1 atom stereocenters. The molecule has 1 aliphatic rings. The molecule has 0 aliphatic carbocycles. The van der Waals surface area contributed by atoms with Crippen LogP contribution in [0.1, 0.15) is 0 Å². The van der Waals surface area contributed by atoms with Crippen molar-refractivity contribution in [1.82, 2.24) is 0 Å². The summed E-state index contributed by atoms with van der Waals surface area (Å²) < 4.78 is 4.48. The van der Waals surface area contributed by atoms with Gasteiger partial charge in [0.05, 0.1) is 0 Å². The number of ether oxygens (including phenoxy) is 1.